The monoisotopic (exact) mass is 259 g/mol. The highest BCUT2D eigenvalue weighted by atomic mass is 16.1. The highest BCUT2D eigenvalue weighted by Crippen LogP contribution is 2.23. The normalized spacial score (nSPS) is 23.6. The summed E-state index contributed by atoms with van der Waals surface area (Å²) in [7, 11) is 0. The van der Waals surface area contributed by atoms with Crippen molar-refractivity contribution in [2.45, 2.75) is 25.3 Å². The first kappa shape index (κ1) is 12.1. The molecule has 0 aliphatic carbocycles. The van der Waals surface area contributed by atoms with Gasteiger partial charge >= 0.3 is 0 Å². The summed E-state index contributed by atoms with van der Waals surface area (Å²) in [6.45, 7) is 3.73. The number of benzene rings is 1. The van der Waals surface area contributed by atoms with Crippen LogP contribution in [0.5, 0.6) is 0 Å². The summed E-state index contributed by atoms with van der Waals surface area (Å²) in [6.07, 6.45) is 1.93. The zero-order valence-electron chi connectivity index (χ0n) is 10.9. The molecule has 3 N–H and O–H groups in total. The number of nitrogens with two attached hydrogens (primary N) is 1. The molecule has 1 aromatic heterocycles. The van der Waals surface area contributed by atoms with Crippen LogP contribution in [0.2, 0.25) is 0 Å². The van der Waals surface area contributed by atoms with Gasteiger partial charge < -0.3 is 11.1 Å². The van der Waals surface area contributed by atoms with Crippen LogP contribution >= 0.6 is 0 Å². The molecule has 1 saturated heterocycles. The summed E-state index contributed by atoms with van der Waals surface area (Å²) in [5.41, 5.74) is 6.42. The molecule has 6 heteroatoms. The molecular formula is C13H17N5O. The largest absolute Gasteiger partial charge is 0.398 e. The van der Waals surface area contributed by atoms with Crippen LogP contribution < -0.4 is 16.6 Å². The van der Waals surface area contributed by atoms with Gasteiger partial charge in [0.2, 0.25) is 0 Å². The average molecular weight is 259 g/mol. The van der Waals surface area contributed by atoms with Crippen molar-refractivity contribution in [3.63, 3.8) is 0 Å². The van der Waals surface area contributed by atoms with Crippen LogP contribution in [0.25, 0.3) is 10.9 Å². The number of rotatable bonds is 1. The predicted molar refractivity (Wildman–Crippen MR) is 74.0 cm³/mol. The van der Waals surface area contributed by atoms with Crippen LogP contribution in [0.3, 0.4) is 0 Å². The number of piperidine rings is 1. The van der Waals surface area contributed by atoms with Gasteiger partial charge in [0.15, 0.2) is 0 Å². The van der Waals surface area contributed by atoms with Gasteiger partial charge in [-0.25, -0.2) is 4.68 Å². The van der Waals surface area contributed by atoms with Crippen molar-refractivity contribution in [3.05, 3.63) is 28.6 Å². The summed E-state index contributed by atoms with van der Waals surface area (Å²) < 4.78 is 1.48. The van der Waals surface area contributed by atoms with Gasteiger partial charge in [0.25, 0.3) is 5.56 Å². The number of fused-ring (bicyclic) bond motifs is 1. The maximum absolute atomic E-state index is 12.6. The van der Waals surface area contributed by atoms with Crippen LogP contribution in [0.15, 0.2) is 23.0 Å². The quantitative estimate of drug-likeness (QED) is 0.727. The molecule has 1 atom stereocenters. The van der Waals surface area contributed by atoms with Gasteiger partial charge in [-0.1, -0.05) is 11.3 Å². The van der Waals surface area contributed by atoms with Gasteiger partial charge in [0, 0.05) is 12.2 Å². The molecule has 2 heterocycles. The molecule has 1 unspecified atom stereocenters. The Labute approximate surface area is 110 Å². The molecule has 1 fully saturated rings. The van der Waals surface area contributed by atoms with E-state index in [0.29, 0.717) is 16.6 Å². The minimum atomic E-state index is -0.335. The molecule has 19 heavy (non-hydrogen) atoms. The molecule has 1 aliphatic rings. The van der Waals surface area contributed by atoms with Crippen LogP contribution in [0.1, 0.15) is 19.8 Å². The third-order valence-electron chi connectivity index (χ3n) is 3.81. The molecule has 100 valence electrons. The van der Waals surface area contributed by atoms with Crippen LogP contribution in [-0.4, -0.2) is 28.1 Å². The second kappa shape index (κ2) is 4.31. The van der Waals surface area contributed by atoms with E-state index in [4.69, 9.17) is 5.73 Å². The van der Waals surface area contributed by atoms with E-state index < -0.39 is 0 Å². The van der Waals surface area contributed by atoms with Crippen LogP contribution in [-0.2, 0) is 5.54 Å². The number of hydrogen-bond donors (Lipinski definition) is 2. The van der Waals surface area contributed by atoms with E-state index in [0.717, 1.165) is 25.9 Å². The van der Waals surface area contributed by atoms with Crippen molar-refractivity contribution in [1.82, 2.24) is 20.3 Å². The zero-order valence-corrected chi connectivity index (χ0v) is 10.9. The standard InChI is InChI=1S/C13H17N5O/c1-13(6-3-7-15-8-13)18-12(19)11-9(14)4-2-5-10(11)16-17-18/h2,4-5,15H,3,6-8,14H2,1H3. The third kappa shape index (κ3) is 1.88. The second-order valence-corrected chi connectivity index (χ2v) is 5.33. The van der Waals surface area contributed by atoms with Crippen LogP contribution in [0, 0.1) is 0 Å². The predicted octanol–water partition coefficient (Wildman–Crippen LogP) is 0.472. The smallest absolute Gasteiger partial charge is 0.280 e. The Morgan fingerprint density at radius 1 is 1.47 bits per heavy atom. The zero-order chi connectivity index (χ0) is 13.5. The molecule has 1 aliphatic heterocycles. The Kier molecular flexibility index (Phi) is 2.74. The van der Waals surface area contributed by atoms with Gasteiger partial charge in [0.05, 0.1) is 10.9 Å². The summed E-state index contributed by atoms with van der Waals surface area (Å²) >= 11 is 0. The Morgan fingerprint density at radius 2 is 2.32 bits per heavy atom. The van der Waals surface area contributed by atoms with Crippen molar-refractivity contribution in [2.75, 3.05) is 18.8 Å². The molecule has 0 saturated carbocycles. The maximum Gasteiger partial charge on any atom is 0.280 e. The fraction of sp³-hybridized carbons (Fsp3) is 0.462. The van der Waals surface area contributed by atoms with E-state index in [2.05, 4.69) is 15.6 Å². The van der Waals surface area contributed by atoms with Gasteiger partial charge in [-0.15, -0.1) is 5.10 Å². The Balaban J connectivity index is 2.23. The first-order chi connectivity index (χ1) is 9.12. The van der Waals surface area contributed by atoms with Gasteiger partial charge in [-0.2, -0.15) is 0 Å². The molecule has 0 amide bonds. The first-order valence-corrected chi connectivity index (χ1v) is 6.47. The van der Waals surface area contributed by atoms with Gasteiger partial charge in [0.1, 0.15) is 5.52 Å². The van der Waals surface area contributed by atoms with E-state index in [1.54, 1.807) is 18.2 Å². The van der Waals surface area contributed by atoms with Crippen LogP contribution in [0.4, 0.5) is 5.69 Å². The van der Waals surface area contributed by atoms with Crippen molar-refractivity contribution in [2.24, 2.45) is 0 Å². The number of nitrogen functional groups attached to an aromatic ring is 1. The average Bonchev–Trinajstić information content (AvgIpc) is 2.39. The van der Waals surface area contributed by atoms with E-state index in [9.17, 15) is 4.79 Å². The maximum atomic E-state index is 12.6. The topological polar surface area (TPSA) is 85.8 Å². The van der Waals surface area contributed by atoms with Gasteiger partial charge in [-0.3, -0.25) is 4.79 Å². The summed E-state index contributed by atoms with van der Waals surface area (Å²) in [5, 5.41) is 12.0. The fourth-order valence-corrected chi connectivity index (χ4v) is 2.69. The van der Waals surface area contributed by atoms with E-state index >= 15 is 0 Å². The highest BCUT2D eigenvalue weighted by Gasteiger charge is 2.31. The number of nitrogens with one attached hydrogen (secondary N) is 1. The minimum Gasteiger partial charge on any atom is -0.398 e. The first-order valence-electron chi connectivity index (χ1n) is 6.47. The minimum absolute atomic E-state index is 0.158. The number of nitrogens with zero attached hydrogens (tertiary/aromatic N) is 3. The molecule has 6 nitrogen and oxygen atoms in total. The van der Waals surface area contributed by atoms with Crippen molar-refractivity contribution >= 4 is 16.6 Å². The third-order valence-corrected chi connectivity index (χ3v) is 3.81. The molecule has 3 rings (SSSR count). The Hall–Kier alpha value is -1.95. The lowest BCUT2D eigenvalue weighted by molar-refractivity contribution is 0.202. The Bertz CT molecular complexity index is 672. The van der Waals surface area contributed by atoms with Crippen molar-refractivity contribution in [1.29, 1.82) is 0 Å². The number of hydrogen-bond acceptors (Lipinski definition) is 5. The highest BCUT2D eigenvalue weighted by molar-refractivity contribution is 5.88. The Morgan fingerprint density at radius 3 is 3.05 bits per heavy atom. The molecule has 1 aromatic carbocycles. The lowest BCUT2D eigenvalue weighted by atomic mass is 9.92. The number of anilines is 1. The molecule has 2 aromatic rings. The molecule has 0 spiro atoms. The molecule has 0 radical (unpaired) electrons. The lowest BCUT2D eigenvalue weighted by Gasteiger charge is -2.34. The second-order valence-electron chi connectivity index (χ2n) is 5.33. The summed E-state index contributed by atoms with van der Waals surface area (Å²) in [6, 6.07) is 5.25. The fourth-order valence-electron chi connectivity index (χ4n) is 2.69. The lowest BCUT2D eigenvalue weighted by Crippen LogP contribution is -2.50. The molecule has 0 bridgehead atoms. The SMILES string of the molecule is CC1(n2nnc3cccc(N)c3c2=O)CCCNC1. The van der Waals surface area contributed by atoms with Crippen molar-refractivity contribution in [3.8, 4) is 0 Å². The van der Waals surface area contributed by atoms with Crippen molar-refractivity contribution < 1.29 is 0 Å². The summed E-state index contributed by atoms with van der Waals surface area (Å²) in [4.78, 5) is 12.6. The molecular weight excluding hydrogens is 242 g/mol. The van der Waals surface area contributed by atoms with E-state index in [-0.39, 0.29) is 11.1 Å². The number of aromatic nitrogens is 3. The van der Waals surface area contributed by atoms with E-state index in [1.165, 1.54) is 4.68 Å². The van der Waals surface area contributed by atoms with E-state index in [1.807, 2.05) is 6.92 Å². The summed E-state index contributed by atoms with van der Waals surface area (Å²) in [5.74, 6) is 0. The van der Waals surface area contributed by atoms with Gasteiger partial charge in [-0.05, 0) is 38.4 Å².